The van der Waals surface area contributed by atoms with E-state index in [0.717, 1.165) is 0 Å². The van der Waals surface area contributed by atoms with Crippen molar-refractivity contribution in [3.63, 3.8) is 0 Å². The molecule has 1 aromatic carbocycles. The van der Waals surface area contributed by atoms with Gasteiger partial charge in [-0.25, -0.2) is 4.79 Å². The molecule has 0 spiro atoms. The van der Waals surface area contributed by atoms with Crippen LogP contribution in [0.15, 0.2) is 18.2 Å². The first-order valence-electron chi connectivity index (χ1n) is 6.37. The van der Waals surface area contributed by atoms with Gasteiger partial charge in [0.25, 0.3) is 5.69 Å². The molecule has 114 valence electrons. The van der Waals surface area contributed by atoms with E-state index in [0.29, 0.717) is 17.7 Å². The van der Waals surface area contributed by atoms with Crippen molar-refractivity contribution in [1.82, 2.24) is 5.32 Å². The summed E-state index contributed by atoms with van der Waals surface area (Å²) in [4.78, 5) is 32.5. The molecule has 8 nitrogen and oxygen atoms in total. The number of carboxylic acid groups (broad SMARTS) is 1. The molecule has 0 aliphatic carbocycles. The van der Waals surface area contributed by atoms with Crippen LogP contribution in [-0.2, 0) is 4.79 Å². The fourth-order valence-corrected chi connectivity index (χ4v) is 1.75. The number of carbonyl (C=O) groups is 2. The molecule has 0 aromatic heterocycles. The summed E-state index contributed by atoms with van der Waals surface area (Å²) < 4.78 is 0. The van der Waals surface area contributed by atoms with Crippen molar-refractivity contribution in [2.24, 2.45) is 0 Å². The first kappa shape index (κ1) is 16.4. The summed E-state index contributed by atoms with van der Waals surface area (Å²) in [7, 11) is 0. The number of nitro groups is 1. The van der Waals surface area contributed by atoms with Crippen molar-refractivity contribution in [3.8, 4) is 0 Å². The van der Waals surface area contributed by atoms with Gasteiger partial charge in [0, 0.05) is 23.9 Å². The highest BCUT2D eigenvalue weighted by Crippen LogP contribution is 2.21. The number of carbonyl (C=O) groups excluding carboxylic acids is 1. The van der Waals surface area contributed by atoms with E-state index in [2.05, 4.69) is 10.6 Å². The number of hydrogen-bond donors (Lipinski definition) is 3. The van der Waals surface area contributed by atoms with E-state index in [1.807, 2.05) is 0 Å². The van der Waals surface area contributed by atoms with Crippen LogP contribution in [0, 0.1) is 17.0 Å². The molecule has 0 saturated heterocycles. The number of aryl methyl sites for hydroxylation is 1. The number of rotatable bonds is 6. The molecule has 8 heteroatoms. The lowest BCUT2D eigenvalue weighted by Crippen LogP contribution is -2.39. The molecule has 1 atom stereocenters. The van der Waals surface area contributed by atoms with Crippen LogP contribution in [0.5, 0.6) is 0 Å². The second-order valence-electron chi connectivity index (χ2n) is 4.56. The van der Waals surface area contributed by atoms with Crippen molar-refractivity contribution < 1.29 is 19.6 Å². The van der Waals surface area contributed by atoms with E-state index in [1.54, 1.807) is 13.8 Å². The fraction of sp³-hybridized carbons (Fsp3) is 0.385. The van der Waals surface area contributed by atoms with Gasteiger partial charge >= 0.3 is 12.0 Å². The Kier molecular flexibility index (Phi) is 5.65. The van der Waals surface area contributed by atoms with Gasteiger partial charge in [-0.15, -0.1) is 0 Å². The van der Waals surface area contributed by atoms with E-state index in [9.17, 15) is 19.7 Å². The van der Waals surface area contributed by atoms with Gasteiger partial charge in [0.05, 0.1) is 11.3 Å². The maximum Gasteiger partial charge on any atom is 0.319 e. The van der Waals surface area contributed by atoms with Crippen LogP contribution in [0.3, 0.4) is 0 Å². The summed E-state index contributed by atoms with van der Waals surface area (Å²) >= 11 is 0. The maximum absolute atomic E-state index is 11.8. The largest absolute Gasteiger partial charge is 0.481 e. The SMILES string of the molecule is CCC(CC(=O)O)NC(=O)Nc1ccc([N+](=O)[O-])cc1C. The number of nitro benzene ring substituents is 1. The summed E-state index contributed by atoms with van der Waals surface area (Å²) in [5, 5.41) is 24.4. The highest BCUT2D eigenvalue weighted by Gasteiger charge is 2.15. The highest BCUT2D eigenvalue weighted by atomic mass is 16.6. The molecular formula is C13H17N3O5. The van der Waals surface area contributed by atoms with Gasteiger partial charge in [0.1, 0.15) is 0 Å². The van der Waals surface area contributed by atoms with E-state index in [4.69, 9.17) is 5.11 Å². The molecule has 2 amide bonds. The van der Waals surface area contributed by atoms with Crippen LogP contribution in [0.1, 0.15) is 25.3 Å². The molecule has 0 heterocycles. The third-order valence-electron chi connectivity index (χ3n) is 2.92. The average Bonchev–Trinajstić information content (AvgIpc) is 2.39. The Hall–Kier alpha value is -2.64. The second-order valence-corrected chi connectivity index (χ2v) is 4.56. The monoisotopic (exact) mass is 295 g/mol. The molecule has 0 bridgehead atoms. The first-order chi connectivity index (χ1) is 9.83. The minimum atomic E-state index is -0.992. The van der Waals surface area contributed by atoms with E-state index >= 15 is 0 Å². The Labute approximate surface area is 121 Å². The molecule has 1 aromatic rings. The van der Waals surface area contributed by atoms with Gasteiger partial charge in [-0.3, -0.25) is 14.9 Å². The van der Waals surface area contributed by atoms with Gasteiger partial charge in [0.2, 0.25) is 0 Å². The standard InChI is InChI=1S/C13H17N3O5/c1-3-9(7-12(17)18)14-13(19)15-11-5-4-10(16(20)21)6-8(11)2/h4-6,9H,3,7H2,1-2H3,(H,17,18)(H2,14,15,19). The fourth-order valence-electron chi connectivity index (χ4n) is 1.75. The molecule has 1 unspecified atom stereocenters. The Bertz CT molecular complexity index is 559. The summed E-state index contributed by atoms with van der Waals surface area (Å²) in [5.41, 5.74) is 0.921. The lowest BCUT2D eigenvalue weighted by atomic mass is 10.1. The number of non-ortho nitro benzene ring substituents is 1. The van der Waals surface area contributed by atoms with E-state index < -0.39 is 23.0 Å². The lowest BCUT2D eigenvalue weighted by Gasteiger charge is -2.16. The zero-order valence-corrected chi connectivity index (χ0v) is 11.8. The Morgan fingerprint density at radius 2 is 2.10 bits per heavy atom. The quantitative estimate of drug-likeness (QED) is 0.549. The smallest absolute Gasteiger partial charge is 0.319 e. The number of aliphatic carboxylic acids is 1. The average molecular weight is 295 g/mol. The van der Waals surface area contributed by atoms with Crippen LogP contribution in [0.25, 0.3) is 0 Å². The minimum absolute atomic E-state index is 0.0595. The molecule has 1 rings (SSSR count). The van der Waals surface area contributed by atoms with Gasteiger partial charge < -0.3 is 15.7 Å². The zero-order valence-electron chi connectivity index (χ0n) is 11.8. The van der Waals surface area contributed by atoms with Gasteiger partial charge in [-0.1, -0.05) is 6.92 Å². The lowest BCUT2D eigenvalue weighted by molar-refractivity contribution is -0.384. The summed E-state index contributed by atoms with van der Waals surface area (Å²) in [5.74, 6) is -0.992. The number of hydrogen-bond acceptors (Lipinski definition) is 4. The van der Waals surface area contributed by atoms with Gasteiger partial charge in [-0.2, -0.15) is 0 Å². The third-order valence-corrected chi connectivity index (χ3v) is 2.92. The summed E-state index contributed by atoms with van der Waals surface area (Å²) in [6, 6.07) is 3.06. The van der Waals surface area contributed by atoms with Crippen molar-refractivity contribution in [2.45, 2.75) is 32.7 Å². The number of anilines is 1. The molecule has 0 radical (unpaired) electrons. The summed E-state index contributed by atoms with van der Waals surface area (Å²) in [6.45, 7) is 3.40. The topological polar surface area (TPSA) is 122 Å². The molecule has 21 heavy (non-hydrogen) atoms. The molecule has 0 saturated carbocycles. The summed E-state index contributed by atoms with van der Waals surface area (Å²) in [6.07, 6.45) is 0.322. The van der Waals surface area contributed by atoms with Gasteiger partial charge in [0.15, 0.2) is 0 Å². The van der Waals surface area contributed by atoms with Crippen LogP contribution in [0.4, 0.5) is 16.2 Å². The Morgan fingerprint density at radius 1 is 1.43 bits per heavy atom. The number of urea groups is 1. The zero-order chi connectivity index (χ0) is 16.0. The van der Waals surface area contributed by atoms with E-state index in [-0.39, 0.29) is 12.1 Å². The molecule has 0 aliphatic rings. The van der Waals surface area contributed by atoms with Crippen molar-refractivity contribution in [1.29, 1.82) is 0 Å². The Morgan fingerprint density at radius 3 is 2.57 bits per heavy atom. The number of nitrogens with zero attached hydrogens (tertiary/aromatic N) is 1. The van der Waals surface area contributed by atoms with Crippen LogP contribution < -0.4 is 10.6 Å². The number of benzene rings is 1. The second kappa shape index (κ2) is 7.22. The van der Waals surface area contributed by atoms with E-state index in [1.165, 1.54) is 18.2 Å². The molecule has 3 N–H and O–H groups in total. The number of amides is 2. The predicted octanol–water partition coefficient (Wildman–Crippen LogP) is 2.28. The minimum Gasteiger partial charge on any atom is -0.481 e. The first-order valence-corrected chi connectivity index (χ1v) is 6.37. The van der Waals surface area contributed by atoms with Crippen LogP contribution >= 0.6 is 0 Å². The molecular weight excluding hydrogens is 278 g/mol. The van der Waals surface area contributed by atoms with Crippen molar-refractivity contribution >= 4 is 23.4 Å². The van der Waals surface area contributed by atoms with Gasteiger partial charge in [-0.05, 0) is 25.0 Å². The van der Waals surface area contributed by atoms with Crippen molar-refractivity contribution in [3.05, 3.63) is 33.9 Å². The molecule has 0 aliphatic heterocycles. The van der Waals surface area contributed by atoms with Crippen LogP contribution in [-0.4, -0.2) is 28.1 Å². The van der Waals surface area contributed by atoms with Crippen LogP contribution in [0.2, 0.25) is 0 Å². The number of nitrogens with one attached hydrogen (secondary N) is 2. The molecule has 0 fully saturated rings. The number of carboxylic acids is 1. The normalized spacial score (nSPS) is 11.5. The predicted molar refractivity (Wildman–Crippen MR) is 76.3 cm³/mol. The third kappa shape index (κ3) is 5.09. The maximum atomic E-state index is 11.8. The Balaban J connectivity index is 2.70. The highest BCUT2D eigenvalue weighted by molar-refractivity contribution is 5.90. The van der Waals surface area contributed by atoms with Crippen molar-refractivity contribution in [2.75, 3.05) is 5.32 Å².